The van der Waals surface area contributed by atoms with Gasteiger partial charge in [-0.05, 0) is 69.9 Å². The van der Waals surface area contributed by atoms with Crippen molar-refractivity contribution >= 4 is 5.78 Å². The van der Waals surface area contributed by atoms with Crippen LogP contribution in [0, 0.1) is 0 Å². The third-order valence-corrected chi connectivity index (χ3v) is 5.07. The number of ether oxygens (including phenoxy) is 1. The zero-order valence-corrected chi connectivity index (χ0v) is 17.5. The molecule has 0 unspecified atom stereocenters. The number of aromatic hydroxyl groups is 2. The van der Waals surface area contributed by atoms with Gasteiger partial charge in [0.2, 0.25) is 0 Å². The van der Waals surface area contributed by atoms with Crippen molar-refractivity contribution in [2.24, 2.45) is 0 Å². The van der Waals surface area contributed by atoms with Crippen LogP contribution in [0.4, 0.5) is 0 Å². The van der Waals surface area contributed by atoms with Gasteiger partial charge in [0, 0.05) is 5.56 Å². The second kappa shape index (κ2) is 8.56. The summed E-state index contributed by atoms with van der Waals surface area (Å²) < 4.78 is 6.25. The first-order valence-corrected chi connectivity index (χ1v) is 9.89. The van der Waals surface area contributed by atoms with Gasteiger partial charge in [-0.2, -0.15) is 0 Å². The number of allylic oxidation sites excluding steroid dienone is 4. The van der Waals surface area contributed by atoms with E-state index in [9.17, 15) is 15.0 Å². The van der Waals surface area contributed by atoms with E-state index >= 15 is 0 Å². The fourth-order valence-electron chi connectivity index (χ4n) is 3.42. The molecule has 0 bridgehead atoms. The van der Waals surface area contributed by atoms with Crippen LogP contribution in [0.1, 0.15) is 67.3 Å². The SMILES string of the molecule is CC(C)=CCc1cc2c(c(CC=C(C)C)c1O)O[C@@H](c1ccc(O)cc1)CC2=O. The minimum atomic E-state index is -0.441. The first-order valence-electron chi connectivity index (χ1n) is 9.89. The number of fused-ring (bicyclic) bond motifs is 1. The molecule has 4 heteroatoms. The van der Waals surface area contributed by atoms with Gasteiger partial charge in [0.15, 0.2) is 5.78 Å². The minimum Gasteiger partial charge on any atom is -0.508 e. The van der Waals surface area contributed by atoms with Crippen LogP contribution in [-0.4, -0.2) is 16.0 Å². The molecule has 1 heterocycles. The molecule has 0 spiro atoms. The van der Waals surface area contributed by atoms with Gasteiger partial charge < -0.3 is 14.9 Å². The molecular formula is C25H28O4. The number of carbonyl (C=O) groups excluding carboxylic acids is 1. The molecule has 4 nitrogen and oxygen atoms in total. The number of hydrogen-bond donors (Lipinski definition) is 2. The summed E-state index contributed by atoms with van der Waals surface area (Å²) in [6.07, 6.45) is 4.92. The van der Waals surface area contributed by atoms with Crippen molar-refractivity contribution in [2.45, 2.75) is 53.1 Å². The molecule has 2 N–H and O–H groups in total. The normalized spacial score (nSPS) is 15.3. The highest BCUT2D eigenvalue weighted by Crippen LogP contribution is 2.43. The molecule has 2 aromatic rings. The van der Waals surface area contributed by atoms with Crippen molar-refractivity contribution in [2.75, 3.05) is 0 Å². The fourth-order valence-corrected chi connectivity index (χ4v) is 3.42. The number of ketones is 1. The molecule has 29 heavy (non-hydrogen) atoms. The van der Waals surface area contributed by atoms with E-state index in [4.69, 9.17) is 4.74 Å². The van der Waals surface area contributed by atoms with Gasteiger partial charge in [-0.25, -0.2) is 0 Å². The second-order valence-electron chi connectivity index (χ2n) is 8.04. The Morgan fingerprint density at radius 3 is 2.28 bits per heavy atom. The molecule has 0 aromatic heterocycles. The van der Waals surface area contributed by atoms with Crippen LogP contribution in [0.25, 0.3) is 0 Å². The highest BCUT2D eigenvalue weighted by Gasteiger charge is 2.31. The Morgan fingerprint density at radius 2 is 1.66 bits per heavy atom. The van der Waals surface area contributed by atoms with Gasteiger partial charge in [0.1, 0.15) is 23.4 Å². The third-order valence-electron chi connectivity index (χ3n) is 5.07. The summed E-state index contributed by atoms with van der Waals surface area (Å²) in [6.45, 7) is 8.02. The Morgan fingerprint density at radius 1 is 1.03 bits per heavy atom. The smallest absolute Gasteiger partial charge is 0.170 e. The van der Waals surface area contributed by atoms with E-state index < -0.39 is 6.10 Å². The van der Waals surface area contributed by atoms with Crippen molar-refractivity contribution in [3.05, 3.63) is 75.9 Å². The Bertz CT molecular complexity index is 973. The molecule has 0 fully saturated rings. The largest absolute Gasteiger partial charge is 0.508 e. The summed E-state index contributed by atoms with van der Waals surface area (Å²) in [7, 11) is 0. The number of Topliss-reactive ketones (excluding diaryl/α,β-unsaturated/α-hetero) is 1. The zero-order valence-electron chi connectivity index (χ0n) is 17.5. The van der Waals surface area contributed by atoms with Gasteiger partial charge in [0.25, 0.3) is 0 Å². The topological polar surface area (TPSA) is 66.8 Å². The molecule has 152 valence electrons. The van der Waals surface area contributed by atoms with Gasteiger partial charge in [-0.3, -0.25) is 4.79 Å². The van der Waals surface area contributed by atoms with Crippen LogP contribution >= 0.6 is 0 Å². The molecule has 1 atom stereocenters. The zero-order chi connectivity index (χ0) is 21.1. The second-order valence-corrected chi connectivity index (χ2v) is 8.04. The fraction of sp³-hybridized carbons (Fsp3) is 0.320. The monoisotopic (exact) mass is 392 g/mol. The average molecular weight is 392 g/mol. The van der Waals surface area contributed by atoms with Crippen molar-refractivity contribution < 1.29 is 19.7 Å². The van der Waals surface area contributed by atoms with E-state index in [0.29, 0.717) is 29.7 Å². The van der Waals surface area contributed by atoms with E-state index in [1.165, 1.54) is 0 Å². The average Bonchev–Trinajstić information content (AvgIpc) is 2.66. The first kappa shape index (κ1) is 20.7. The van der Waals surface area contributed by atoms with E-state index in [1.54, 1.807) is 30.3 Å². The molecule has 0 amide bonds. The molecule has 0 aliphatic carbocycles. The van der Waals surface area contributed by atoms with Crippen LogP contribution in [0.15, 0.2) is 53.6 Å². The number of phenols is 2. The number of benzene rings is 2. The summed E-state index contributed by atoms with van der Waals surface area (Å²) in [5.41, 5.74) is 5.03. The minimum absolute atomic E-state index is 0.00113. The molecule has 0 saturated heterocycles. The van der Waals surface area contributed by atoms with Gasteiger partial charge in [-0.15, -0.1) is 0 Å². The van der Waals surface area contributed by atoms with Crippen molar-refractivity contribution in [3.63, 3.8) is 0 Å². The van der Waals surface area contributed by atoms with E-state index in [0.717, 1.165) is 22.3 Å². The summed E-state index contributed by atoms with van der Waals surface area (Å²) in [6, 6.07) is 8.46. The maximum Gasteiger partial charge on any atom is 0.170 e. The summed E-state index contributed by atoms with van der Waals surface area (Å²) >= 11 is 0. The molecule has 2 aromatic carbocycles. The lowest BCUT2D eigenvalue weighted by atomic mass is 9.90. The Balaban J connectivity index is 2.08. The molecule has 0 saturated carbocycles. The maximum atomic E-state index is 13.0. The lowest BCUT2D eigenvalue weighted by molar-refractivity contribution is 0.0847. The van der Waals surface area contributed by atoms with Crippen molar-refractivity contribution in [1.29, 1.82) is 0 Å². The number of phenolic OH excluding ortho intramolecular Hbond substituents is 2. The molecule has 1 aliphatic rings. The predicted octanol–water partition coefficient (Wildman–Crippen LogP) is 5.82. The Hall–Kier alpha value is -3.01. The van der Waals surface area contributed by atoms with Crippen LogP contribution in [0.5, 0.6) is 17.2 Å². The highest BCUT2D eigenvalue weighted by atomic mass is 16.5. The maximum absolute atomic E-state index is 13.0. The third kappa shape index (κ3) is 4.70. The molecular weight excluding hydrogens is 364 g/mol. The van der Waals surface area contributed by atoms with Crippen LogP contribution in [0.2, 0.25) is 0 Å². The molecule has 0 radical (unpaired) electrons. The van der Waals surface area contributed by atoms with Crippen molar-refractivity contribution in [1.82, 2.24) is 0 Å². The van der Waals surface area contributed by atoms with E-state index in [1.807, 2.05) is 39.8 Å². The van der Waals surface area contributed by atoms with Crippen LogP contribution in [0.3, 0.4) is 0 Å². The lowest BCUT2D eigenvalue weighted by Crippen LogP contribution is -2.22. The van der Waals surface area contributed by atoms with Crippen LogP contribution in [-0.2, 0) is 12.8 Å². The summed E-state index contributed by atoms with van der Waals surface area (Å²) in [4.78, 5) is 13.0. The van der Waals surface area contributed by atoms with Gasteiger partial charge in [-0.1, -0.05) is 35.4 Å². The van der Waals surface area contributed by atoms with E-state index in [-0.39, 0.29) is 23.7 Å². The van der Waals surface area contributed by atoms with Crippen molar-refractivity contribution in [3.8, 4) is 17.2 Å². The molecule has 3 rings (SSSR count). The van der Waals surface area contributed by atoms with Gasteiger partial charge in [0.05, 0.1) is 12.0 Å². The Labute approximate surface area is 172 Å². The number of hydrogen-bond acceptors (Lipinski definition) is 4. The molecule has 1 aliphatic heterocycles. The quantitative estimate of drug-likeness (QED) is 0.629. The standard InChI is InChI=1S/C25H28O4/c1-15(2)5-7-18-13-21-22(27)14-23(17-8-10-19(26)11-9-17)29-25(21)20(24(18)28)12-6-16(3)4/h5-6,8-11,13,23,26,28H,7,12,14H2,1-4H3/t23-/m1/s1. The van der Waals surface area contributed by atoms with Gasteiger partial charge >= 0.3 is 0 Å². The predicted molar refractivity (Wildman–Crippen MR) is 115 cm³/mol. The van der Waals surface area contributed by atoms with Crippen LogP contribution < -0.4 is 4.74 Å². The summed E-state index contributed by atoms with van der Waals surface area (Å²) in [5.74, 6) is 0.830. The van der Waals surface area contributed by atoms with E-state index in [2.05, 4.69) is 0 Å². The summed E-state index contributed by atoms with van der Waals surface area (Å²) in [5, 5.41) is 20.5. The lowest BCUT2D eigenvalue weighted by Gasteiger charge is -2.28. The number of rotatable bonds is 5. The first-order chi connectivity index (χ1) is 13.8. The Kier molecular flexibility index (Phi) is 6.12. The highest BCUT2D eigenvalue weighted by molar-refractivity contribution is 6.01. The number of carbonyl (C=O) groups is 1.